The van der Waals surface area contributed by atoms with Crippen LogP contribution in [0.3, 0.4) is 0 Å². The molecule has 2 N–H and O–H groups in total. The minimum Gasteiger partial charge on any atom is -0.480 e. The van der Waals surface area contributed by atoms with Gasteiger partial charge in [-0.3, -0.25) is 9.48 Å². The van der Waals surface area contributed by atoms with E-state index < -0.39 is 30.5 Å². The van der Waals surface area contributed by atoms with Gasteiger partial charge in [0.25, 0.3) is 5.91 Å². The number of carboxylic acid groups (broad SMARTS) is 1. The van der Waals surface area contributed by atoms with Gasteiger partial charge in [-0.2, -0.15) is 18.3 Å². The highest BCUT2D eigenvalue weighted by Crippen LogP contribution is 2.40. The number of hydrogen-bond donors (Lipinski definition) is 2. The molecule has 1 fully saturated rings. The Morgan fingerprint density at radius 3 is 2.62 bits per heavy atom. The first-order valence-corrected chi connectivity index (χ1v) is 8.01. The molecule has 0 bridgehead atoms. The van der Waals surface area contributed by atoms with Gasteiger partial charge in [0.15, 0.2) is 5.65 Å². The highest BCUT2D eigenvalue weighted by atomic mass is 19.4. The van der Waals surface area contributed by atoms with Crippen molar-refractivity contribution in [2.24, 2.45) is 7.05 Å². The lowest BCUT2D eigenvalue weighted by molar-refractivity contribution is -0.157. The van der Waals surface area contributed by atoms with Crippen LogP contribution in [0.15, 0.2) is 6.07 Å². The first kappa shape index (κ1) is 18.2. The van der Waals surface area contributed by atoms with Crippen LogP contribution in [0.25, 0.3) is 11.0 Å². The van der Waals surface area contributed by atoms with Crippen LogP contribution >= 0.6 is 0 Å². The molecule has 10 heteroatoms. The topological polar surface area (TPSA) is 97.1 Å². The monoisotopic (exact) mass is 370 g/mol. The Balaban J connectivity index is 2.00. The molecular formula is C16H17F3N4O3. The molecule has 2 aromatic heterocycles. The summed E-state index contributed by atoms with van der Waals surface area (Å²) in [7, 11) is 1.66. The van der Waals surface area contributed by atoms with E-state index in [-0.39, 0.29) is 11.5 Å². The van der Waals surface area contributed by atoms with Crippen molar-refractivity contribution in [3.8, 4) is 0 Å². The Morgan fingerprint density at radius 1 is 1.42 bits per heavy atom. The number of fused-ring (bicyclic) bond motifs is 1. The summed E-state index contributed by atoms with van der Waals surface area (Å²) in [5.74, 6) is -2.43. The van der Waals surface area contributed by atoms with Crippen LogP contribution < -0.4 is 5.32 Å². The highest BCUT2D eigenvalue weighted by Gasteiger charge is 2.37. The number of aromatic nitrogens is 3. The molecule has 1 atom stereocenters. The molecule has 1 aliphatic carbocycles. The van der Waals surface area contributed by atoms with E-state index in [9.17, 15) is 22.8 Å². The lowest BCUT2D eigenvalue weighted by Crippen LogP contribution is -2.43. The number of rotatable bonds is 5. The summed E-state index contributed by atoms with van der Waals surface area (Å²) in [6, 6.07) is -0.539. The number of nitrogens with zero attached hydrogens (tertiary/aromatic N) is 3. The molecule has 1 unspecified atom stereocenters. The number of aliphatic carboxylic acids is 1. The number of amides is 1. The summed E-state index contributed by atoms with van der Waals surface area (Å²) in [6.07, 6.45) is -4.53. The smallest absolute Gasteiger partial charge is 0.391 e. The number of carboxylic acids is 1. The molecule has 0 aromatic carbocycles. The lowest BCUT2D eigenvalue weighted by Gasteiger charge is -2.17. The third kappa shape index (κ3) is 3.63. The van der Waals surface area contributed by atoms with Crippen molar-refractivity contribution in [2.45, 2.75) is 44.3 Å². The van der Waals surface area contributed by atoms with Crippen LogP contribution in [-0.2, 0) is 11.8 Å². The molecule has 0 aliphatic heterocycles. The summed E-state index contributed by atoms with van der Waals surface area (Å²) >= 11 is 0. The van der Waals surface area contributed by atoms with Crippen LogP contribution in [0.2, 0.25) is 0 Å². The SMILES string of the molecule is Cc1nn(C)c2nc(C3CC3)cc(C(=O)NC(CC(F)(F)F)C(=O)O)c12. The van der Waals surface area contributed by atoms with Gasteiger partial charge >= 0.3 is 12.1 Å². The lowest BCUT2D eigenvalue weighted by atomic mass is 10.1. The minimum absolute atomic E-state index is 0.0934. The van der Waals surface area contributed by atoms with Gasteiger partial charge in [-0.15, -0.1) is 0 Å². The number of pyridine rings is 1. The minimum atomic E-state index is -4.71. The number of nitrogens with one attached hydrogen (secondary N) is 1. The molecular weight excluding hydrogens is 353 g/mol. The van der Waals surface area contributed by atoms with Gasteiger partial charge in [0.1, 0.15) is 6.04 Å². The standard InChI is InChI=1S/C16H17F3N4O3/c1-7-12-9(14(24)21-11(15(25)26)6-16(17,18)19)5-10(8-3-4-8)20-13(12)23(2)22-7/h5,8,11H,3-4,6H2,1-2H3,(H,21,24)(H,25,26). The summed E-state index contributed by atoms with van der Waals surface area (Å²) in [5, 5.41) is 15.6. The third-order valence-corrected chi connectivity index (χ3v) is 4.27. The zero-order valence-electron chi connectivity index (χ0n) is 14.1. The highest BCUT2D eigenvalue weighted by molar-refractivity contribution is 6.07. The van der Waals surface area contributed by atoms with E-state index in [4.69, 9.17) is 5.11 Å². The van der Waals surface area contributed by atoms with Crippen LogP contribution in [0.4, 0.5) is 13.2 Å². The average Bonchev–Trinajstić information content (AvgIpc) is 3.32. The number of carbonyl (C=O) groups is 2. The van der Waals surface area contributed by atoms with Crippen molar-refractivity contribution in [1.29, 1.82) is 0 Å². The molecule has 140 valence electrons. The molecule has 1 aliphatic rings. The predicted octanol–water partition coefficient (Wildman–Crippen LogP) is 2.29. The Kier molecular flexibility index (Phi) is 4.37. The molecule has 7 nitrogen and oxygen atoms in total. The predicted molar refractivity (Wildman–Crippen MR) is 84.8 cm³/mol. The molecule has 0 radical (unpaired) electrons. The fraction of sp³-hybridized carbons (Fsp3) is 0.500. The van der Waals surface area contributed by atoms with E-state index in [0.29, 0.717) is 22.4 Å². The second kappa shape index (κ2) is 6.26. The maximum atomic E-state index is 12.6. The van der Waals surface area contributed by atoms with Crippen molar-refractivity contribution in [2.75, 3.05) is 0 Å². The van der Waals surface area contributed by atoms with E-state index in [1.807, 2.05) is 5.32 Å². The van der Waals surface area contributed by atoms with Crippen molar-refractivity contribution >= 4 is 22.9 Å². The zero-order chi connectivity index (χ0) is 19.2. The number of carbonyl (C=O) groups excluding carboxylic acids is 1. The first-order chi connectivity index (χ1) is 12.1. The maximum Gasteiger partial charge on any atom is 0.391 e. The van der Waals surface area contributed by atoms with Gasteiger partial charge in [0.05, 0.1) is 23.1 Å². The Bertz CT molecular complexity index is 887. The molecule has 0 spiro atoms. The molecule has 1 amide bonds. The van der Waals surface area contributed by atoms with Crippen LogP contribution in [0.5, 0.6) is 0 Å². The number of hydrogen-bond acceptors (Lipinski definition) is 4. The van der Waals surface area contributed by atoms with Crippen LogP contribution in [0, 0.1) is 6.92 Å². The summed E-state index contributed by atoms with van der Waals surface area (Å²) in [4.78, 5) is 28.2. The largest absolute Gasteiger partial charge is 0.480 e. The van der Waals surface area contributed by atoms with Crippen LogP contribution in [0.1, 0.15) is 46.9 Å². The quantitative estimate of drug-likeness (QED) is 0.842. The zero-order valence-corrected chi connectivity index (χ0v) is 14.1. The van der Waals surface area contributed by atoms with Crippen LogP contribution in [-0.4, -0.2) is 44.0 Å². The van der Waals surface area contributed by atoms with Crippen molar-refractivity contribution in [1.82, 2.24) is 20.1 Å². The van der Waals surface area contributed by atoms with E-state index in [2.05, 4.69) is 10.1 Å². The number of aryl methyl sites for hydroxylation is 2. The first-order valence-electron chi connectivity index (χ1n) is 8.01. The molecule has 26 heavy (non-hydrogen) atoms. The molecule has 1 saturated carbocycles. The normalized spacial score (nSPS) is 15.9. The second-order valence-electron chi connectivity index (χ2n) is 6.46. The fourth-order valence-corrected chi connectivity index (χ4v) is 2.90. The van der Waals surface area contributed by atoms with Gasteiger partial charge in [0, 0.05) is 18.7 Å². The average molecular weight is 370 g/mol. The van der Waals surface area contributed by atoms with Gasteiger partial charge in [-0.05, 0) is 25.8 Å². The Morgan fingerprint density at radius 2 is 2.08 bits per heavy atom. The van der Waals surface area contributed by atoms with Crippen molar-refractivity contribution in [3.63, 3.8) is 0 Å². The molecule has 2 heterocycles. The van der Waals surface area contributed by atoms with Gasteiger partial charge in [-0.1, -0.05) is 0 Å². The van der Waals surface area contributed by atoms with Crippen molar-refractivity contribution in [3.05, 3.63) is 23.0 Å². The van der Waals surface area contributed by atoms with E-state index in [1.165, 1.54) is 10.7 Å². The fourth-order valence-electron chi connectivity index (χ4n) is 2.90. The van der Waals surface area contributed by atoms with Gasteiger partial charge in [-0.25, -0.2) is 9.78 Å². The number of alkyl halides is 3. The second-order valence-corrected chi connectivity index (χ2v) is 6.46. The molecule has 0 saturated heterocycles. The summed E-state index contributed by atoms with van der Waals surface area (Å²) in [5.41, 5.74) is 1.69. The van der Waals surface area contributed by atoms with Gasteiger partial charge < -0.3 is 10.4 Å². The Hall–Kier alpha value is -2.65. The van der Waals surface area contributed by atoms with E-state index in [1.54, 1.807) is 14.0 Å². The Labute approximate surface area is 146 Å². The third-order valence-electron chi connectivity index (χ3n) is 4.27. The summed E-state index contributed by atoms with van der Waals surface area (Å²) < 4.78 is 39.2. The maximum absolute atomic E-state index is 12.6. The number of halogens is 3. The van der Waals surface area contributed by atoms with E-state index >= 15 is 0 Å². The van der Waals surface area contributed by atoms with E-state index in [0.717, 1.165) is 12.8 Å². The molecule has 2 aromatic rings. The van der Waals surface area contributed by atoms with Crippen molar-refractivity contribution < 1.29 is 27.9 Å². The van der Waals surface area contributed by atoms with Gasteiger partial charge in [0.2, 0.25) is 0 Å². The summed E-state index contributed by atoms with van der Waals surface area (Å²) in [6.45, 7) is 1.65. The molecule has 3 rings (SSSR count).